The first-order valence-electron chi connectivity index (χ1n) is 13.5. The summed E-state index contributed by atoms with van der Waals surface area (Å²) in [6, 6.07) is 19.8. The number of amides is 1. The van der Waals surface area contributed by atoms with Crippen LogP contribution in [0.2, 0.25) is 0 Å². The van der Waals surface area contributed by atoms with Crippen molar-refractivity contribution in [3.63, 3.8) is 0 Å². The van der Waals surface area contributed by atoms with Crippen molar-refractivity contribution in [3.05, 3.63) is 99.7 Å². The Bertz CT molecular complexity index is 1530. The Labute approximate surface area is 230 Å². The summed E-state index contributed by atoms with van der Waals surface area (Å²) in [6.07, 6.45) is -0.927. The smallest absolute Gasteiger partial charge is 0.344 e. The van der Waals surface area contributed by atoms with E-state index in [2.05, 4.69) is 55.8 Å². The summed E-state index contributed by atoms with van der Waals surface area (Å²) in [5.74, 6) is -0.142. The first kappa shape index (κ1) is 28.0. The molecule has 2 atom stereocenters. The van der Waals surface area contributed by atoms with Crippen LogP contribution in [0, 0.1) is 20.8 Å². The molecule has 0 aliphatic rings. The molecule has 4 aromatic rings. The highest BCUT2D eigenvalue weighted by Crippen LogP contribution is 2.29. The number of benzene rings is 3. The second-order valence-corrected chi connectivity index (χ2v) is 10.7. The summed E-state index contributed by atoms with van der Waals surface area (Å²) in [7, 11) is 0. The molecule has 0 aliphatic carbocycles. The normalized spacial score (nSPS) is 12.9. The fourth-order valence-corrected chi connectivity index (χ4v) is 4.86. The lowest BCUT2D eigenvalue weighted by Gasteiger charge is -2.17. The van der Waals surface area contributed by atoms with Gasteiger partial charge in [-0.2, -0.15) is 0 Å². The van der Waals surface area contributed by atoms with Crippen LogP contribution in [0.1, 0.15) is 83.5 Å². The van der Waals surface area contributed by atoms with Crippen molar-refractivity contribution < 1.29 is 19.4 Å². The van der Waals surface area contributed by atoms with Gasteiger partial charge < -0.3 is 19.7 Å². The highest BCUT2D eigenvalue weighted by Gasteiger charge is 2.18. The Morgan fingerprint density at radius 1 is 0.923 bits per heavy atom. The Morgan fingerprint density at radius 2 is 1.64 bits per heavy atom. The van der Waals surface area contributed by atoms with E-state index in [1.54, 1.807) is 6.07 Å². The Balaban J connectivity index is 1.59. The number of aromatic nitrogens is 1. The third-order valence-corrected chi connectivity index (χ3v) is 7.64. The average molecular weight is 527 g/mol. The van der Waals surface area contributed by atoms with Gasteiger partial charge in [-0.25, -0.2) is 4.79 Å². The predicted octanol–water partition coefficient (Wildman–Crippen LogP) is 7.08. The first-order chi connectivity index (χ1) is 18.5. The number of carbonyl (C=O) groups excluding carboxylic acids is 1. The van der Waals surface area contributed by atoms with Gasteiger partial charge >= 0.3 is 5.97 Å². The van der Waals surface area contributed by atoms with Gasteiger partial charge in [0, 0.05) is 28.7 Å². The first-order valence-corrected chi connectivity index (χ1v) is 13.5. The van der Waals surface area contributed by atoms with Gasteiger partial charge in [0.15, 0.2) is 6.10 Å². The Hall–Kier alpha value is -4.06. The minimum Gasteiger partial charge on any atom is -0.479 e. The fourth-order valence-electron chi connectivity index (χ4n) is 4.86. The summed E-state index contributed by atoms with van der Waals surface area (Å²) in [5, 5.41) is 13.4. The van der Waals surface area contributed by atoms with Crippen LogP contribution in [0.15, 0.2) is 60.7 Å². The maximum absolute atomic E-state index is 13.2. The number of carbonyl (C=O) groups is 2. The van der Waals surface area contributed by atoms with Gasteiger partial charge in [0.05, 0.1) is 6.04 Å². The number of nitrogens with one attached hydrogen (secondary N) is 1. The van der Waals surface area contributed by atoms with Crippen LogP contribution >= 0.6 is 0 Å². The molecule has 0 aliphatic heterocycles. The molecule has 0 saturated carbocycles. The van der Waals surface area contributed by atoms with Gasteiger partial charge in [0.25, 0.3) is 5.91 Å². The van der Waals surface area contributed by atoms with E-state index in [0.29, 0.717) is 23.8 Å². The number of carboxylic acids is 1. The average Bonchev–Trinajstić information content (AvgIpc) is 3.14. The minimum absolute atomic E-state index is 0.0996. The van der Waals surface area contributed by atoms with Crippen molar-refractivity contribution in [1.82, 2.24) is 9.88 Å². The highest BCUT2D eigenvalue weighted by atomic mass is 16.5. The molecule has 2 N–H and O–H groups in total. The second kappa shape index (κ2) is 11.4. The molecule has 1 heterocycles. The third kappa shape index (κ3) is 6.00. The lowest BCUT2D eigenvalue weighted by atomic mass is 9.98. The van der Waals surface area contributed by atoms with Crippen molar-refractivity contribution in [1.29, 1.82) is 0 Å². The van der Waals surface area contributed by atoms with Crippen LogP contribution in [0.3, 0.4) is 0 Å². The molecule has 0 saturated heterocycles. The summed E-state index contributed by atoms with van der Waals surface area (Å²) in [4.78, 5) is 24.5. The van der Waals surface area contributed by atoms with Crippen molar-refractivity contribution in [2.24, 2.45) is 0 Å². The summed E-state index contributed by atoms with van der Waals surface area (Å²) in [6.45, 7) is 14.7. The fraction of sp³-hybridized carbons (Fsp3) is 0.333. The molecule has 0 spiro atoms. The molecule has 204 valence electrons. The maximum atomic E-state index is 13.2. The van der Waals surface area contributed by atoms with Crippen LogP contribution in [-0.4, -0.2) is 27.7 Å². The molecular weight excluding hydrogens is 488 g/mol. The summed E-state index contributed by atoms with van der Waals surface area (Å²) >= 11 is 0. The zero-order chi connectivity index (χ0) is 28.4. The number of aliphatic carboxylic acids is 1. The van der Waals surface area contributed by atoms with Gasteiger partial charge in [0.2, 0.25) is 0 Å². The molecule has 1 amide bonds. The standard InChI is InChI=1S/C33H38N2O4/c1-19(2)25-9-8-10-26(15-25)22(5)34-32(36)27-12-14-31-30(17-27)21(4)23(6)35(31)18-28-16-29(13-11-20(28)3)39-24(7)33(37)38/h8-17,19,22,24H,18H2,1-7H3,(H,34,36)(H,37,38)/t22-,24?/m0/s1. The summed E-state index contributed by atoms with van der Waals surface area (Å²) in [5.41, 5.74) is 8.40. The Morgan fingerprint density at radius 3 is 2.33 bits per heavy atom. The van der Waals surface area contributed by atoms with E-state index < -0.39 is 12.1 Å². The lowest BCUT2D eigenvalue weighted by molar-refractivity contribution is -0.144. The van der Waals surface area contributed by atoms with E-state index in [1.165, 1.54) is 12.5 Å². The van der Waals surface area contributed by atoms with E-state index in [4.69, 9.17) is 4.74 Å². The Kier molecular flexibility index (Phi) is 8.14. The van der Waals surface area contributed by atoms with Crippen molar-refractivity contribution in [2.45, 2.75) is 73.1 Å². The van der Waals surface area contributed by atoms with Crippen LogP contribution in [0.4, 0.5) is 0 Å². The zero-order valence-electron chi connectivity index (χ0n) is 23.8. The van der Waals surface area contributed by atoms with Crippen LogP contribution in [0.5, 0.6) is 5.75 Å². The molecule has 1 aromatic heterocycles. The van der Waals surface area contributed by atoms with Crippen LogP contribution in [0.25, 0.3) is 10.9 Å². The monoisotopic (exact) mass is 526 g/mol. The molecule has 6 nitrogen and oxygen atoms in total. The number of nitrogens with zero attached hydrogens (tertiary/aromatic N) is 1. The minimum atomic E-state index is -1.00. The largest absolute Gasteiger partial charge is 0.479 e. The second-order valence-electron chi connectivity index (χ2n) is 10.7. The van der Waals surface area contributed by atoms with E-state index in [0.717, 1.165) is 38.9 Å². The molecular formula is C33H38N2O4. The molecule has 4 rings (SSSR count). The van der Waals surface area contributed by atoms with E-state index in [9.17, 15) is 14.7 Å². The van der Waals surface area contributed by atoms with Crippen molar-refractivity contribution >= 4 is 22.8 Å². The van der Waals surface area contributed by atoms with Crippen molar-refractivity contribution in [3.8, 4) is 5.75 Å². The molecule has 3 aromatic carbocycles. The molecule has 0 radical (unpaired) electrons. The van der Waals surface area contributed by atoms with Crippen molar-refractivity contribution in [2.75, 3.05) is 0 Å². The number of fused-ring (bicyclic) bond motifs is 1. The topological polar surface area (TPSA) is 80.6 Å². The van der Waals surface area contributed by atoms with Gasteiger partial charge in [-0.15, -0.1) is 0 Å². The molecule has 0 fully saturated rings. The predicted molar refractivity (Wildman–Crippen MR) is 156 cm³/mol. The van der Waals surface area contributed by atoms with Crippen LogP contribution in [-0.2, 0) is 11.3 Å². The summed E-state index contributed by atoms with van der Waals surface area (Å²) < 4.78 is 7.84. The van der Waals surface area contributed by atoms with Gasteiger partial charge in [-0.3, -0.25) is 4.79 Å². The molecule has 6 heteroatoms. The lowest BCUT2D eigenvalue weighted by Crippen LogP contribution is -2.26. The van der Waals surface area contributed by atoms with E-state index in [1.807, 2.05) is 50.2 Å². The van der Waals surface area contributed by atoms with E-state index >= 15 is 0 Å². The number of hydrogen-bond acceptors (Lipinski definition) is 3. The number of hydrogen-bond donors (Lipinski definition) is 2. The van der Waals surface area contributed by atoms with Crippen LogP contribution < -0.4 is 10.1 Å². The van der Waals surface area contributed by atoms with Gasteiger partial charge in [-0.1, -0.05) is 44.2 Å². The SMILES string of the molecule is Cc1ccc(OC(C)C(=O)O)cc1Cn1c(C)c(C)c2cc(C(=O)N[C@@H](C)c3cccc(C(C)C)c3)ccc21. The molecule has 1 unspecified atom stereocenters. The maximum Gasteiger partial charge on any atom is 0.344 e. The quantitative estimate of drug-likeness (QED) is 0.244. The van der Waals surface area contributed by atoms with Gasteiger partial charge in [-0.05, 0) is 98.7 Å². The number of carboxylic acid groups (broad SMARTS) is 1. The molecule has 0 bridgehead atoms. The van der Waals surface area contributed by atoms with Gasteiger partial charge in [0.1, 0.15) is 5.75 Å². The van der Waals surface area contributed by atoms with E-state index in [-0.39, 0.29) is 11.9 Å². The number of aryl methyl sites for hydroxylation is 2. The highest BCUT2D eigenvalue weighted by molar-refractivity contribution is 5.99. The molecule has 39 heavy (non-hydrogen) atoms. The number of rotatable bonds is 9. The third-order valence-electron chi connectivity index (χ3n) is 7.64. The number of ether oxygens (including phenoxy) is 1. The zero-order valence-corrected chi connectivity index (χ0v) is 23.8.